The normalized spacial score (nSPS) is 21.7. The first-order valence-electron chi connectivity index (χ1n) is 11.0. The van der Waals surface area contributed by atoms with Crippen molar-refractivity contribution in [3.63, 3.8) is 0 Å². The molecule has 0 radical (unpaired) electrons. The van der Waals surface area contributed by atoms with Gasteiger partial charge in [0.25, 0.3) is 5.91 Å². The first-order chi connectivity index (χ1) is 13.3. The van der Waals surface area contributed by atoms with Gasteiger partial charge in [-0.05, 0) is 70.2 Å². The van der Waals surface area contributed by atoms with E-state index in [-0.39, 0.29) is 5.91 Å². The number of hydrogen-bond donors (Lipinski definition) is 0. The Morgan fingerprint density at radius 3 is 2.56 bits per heavy atom. The number of benzene rings is 1. The lowest BCUT2D eigenvalue weighted by Crippen LogP contribution is -2.45. The summed E-state index contributed by atoms with van der Waals surface area (Å²) in [5, 5.41) is 0. The molecule has 0 saturated carbocycles. The van der Waals surface area contributed by atoms with Gasteiger partial charge in [-0.3, -0.25) is 4.79 Å². The van der Waals surface area contributed by atoms with Crippen molar-refractivity contribution in [1.82, 2.24) is 9.80 Å². The molecule has 27 heavy (non-hydrogen) atoms. The van der Waals surface area contributed by atoms with E-state index < -0.39 is 0 Å². The highest BCUT2D eigenvalue weighted by Crippen LogP contribution is 2.26. The van der Waals surface area contributed by atoms with Crippen molar-refractivity contribution in [2.24, 2.45) is 0 Å². The van der Waals surface area contributed by atoms with Crippen LogP contribution in [0, 0.1) is 0 Å². The van der Waals surface area contributed by atoms with Crippen LogP contribution < -0.4 is 4.74 Å². The summed E-state index contributed by atoms with van der Waals surface area (Å²) in [6.07, 6.45) is 10.9. The zero-order valence-electron chi connectivity index (χ0n) is 17.0. The second-order valence-corrected chi connectivity index (χ2v) is 8.04. The molecule has 0 bridgehead atoms. The van der Waals surface area contributed by atoms with Crippen LogP contribution in [0.1, 0.15) is 75.1 Å². The molecule has 1 amide bonds. The summed E-state index contributed by atoms with van der Waals surface area (Å²) in [4.78, 5) is 18.1. The maximum absolute atomic E-state index is 13.3. The van der Waals surface area contributed by atoms with Crippen LogP contribution in [0.15, 0.2) is 24.3 Å². The molecule has 150 valence electrons. The van der Waals surface area contributed by atoms with Gasteiger partial charge in [0.2, 0.25) is 0 Å². The van der Waals surface area contributed by atoms with E-state index in [0.29, 0.717) is 12.6 Å². The van der Waals surface area contributed by atoms with Crippen molar-refractivity contribution in [3.8, 4) is 5.75 Å². The molecule has 0 unspecified atom stereocenters. The Balaban J connectivity index is 1.64. The van der Waals surface area contributed by atoms with Gasteiger partial charge in [0.1, 0.15) is 5.75 Å². The third-order valence-electron chi connectivity index (χ3n) is 5.94. The lowest BCUT2D eigenvalue weighted by Gasteiger charge is -2.37. The van der Waals surface area contributed by atoms with Crippen molar-refractivity contribution in [2.45, 2.75) is 70.8 Å². The zero-order valence-corrected chi connectivity index (χ0v) is 17.0. The van der Waals surface area contributed by atoms with E-state index in [2.05, 4.69) is 16.7 Å². The molecule has 2 heterocycles. The van der Waals surface area contributed by atoms with Gasteiger partial charge in [0.15, 0.2) is 0 Å². The summed E-state index contributed by atoms with van der Waals surface area (Å²) in [5.74, 6) is 0.892. The molecule has 0 N–H and O–H groups in total. The van der Waals surface area contributed by atoms with Gasteiger partial charge in [0, 0.05) is 19.1 Å². The van der Waals surface area contributed by atoms with Crippen molar-refractivity contribution in [2.75, 3.05) is 32.8 Å². The lowest BCUT2D eigenvalue weighted by molar-refractivity contribution is 0.0580. The molecule has 1 aromatic rings. The van der Waals surface area contributed by atoms with E-state index in [1.165, 1.54) is 45.2 Å². The van der Waals surface area contributed by atoms with Crippen molar-refractivity contribution >= 4 is 5.91 Å². The predicted molar refractivity (Wildman–Crippen MR) is 110 cm³/mol. The molecule has 1 aromatic carbocycles. The maximum Gasteiger partial charge on any atom is 0.257 e. The molecule has 0 aromatic heterocycles. The molecule has 2 saturated heterocycles. The number of rotatable bonds is 7. The van der Waals surface area contributed by atoms with E-state index >= 15 is 0 Å². The second kappa shape index (κ2) is 10.7. The number of amides is 1. The highest BCUT2D eigenvalue weighted by Gasteiger charge is 2.29. The fourth-order valence-corrected chi connectivity index (χ4v) is 4.40. The zero-order chi connectivity index (χ0) is 18.9. The number of piperidine rings is 1. The molecule has 1 atom stereocenters. The third-order valence-corrected chi connectivity index (χ3v) is 5.94. The number of hydrogen-bond acceptors (Lipinski definition) is 3. The highest BCUT2D eigenvalue weighted by molar-refractivity contribution is 5.97. The van der Waals surface area contributed by atoms with Crippen LogP contribution in [-0.2, 0) is 0 Å². The average molecular weight is 373 g/mol. The van der Waals surface area contributed by atoms with E-state index in [1.54, 1.807) is 0 Å². The second-order valence-electron chi connectivity index (χ2n) is 8.04. The minimum absolute atomic E-state index is 0.155. The van der Waals surface area contributed by atoms with Gasteiger partial charge >= 0.3 is 0 Å². The monoisotopic (exact) mass is 372 g/mol. The molecule has 2 aliphatic heterocycles. The Morgan fingerprint density at radius 1 is 1.04 bits per heavy atom. The quantitative estimate of drug-likeness (QED) is 0.693. The molecule has 2 aliphatic rings. The minimum atomic E-state index is 0.155. The number of para-hydroxylation sites is 1. The molecule has 0 aliphatic carbocycles. The van der Waals surface area contributed by atoms with Gasteiger partial charge < -0.3 is 14.5 Å². The molecule has 4 nitrogen and oxygen atoms in total. The van der Waals surface area contributed by atoms with Crippen LogP contribution in [0.5, 0.6) is 5.75 Å². The maximum atomic E-state index is 13.3. The fraction of sp³-hybridized carbons (Fsp3) is 0.696. The molecule has 3 rings (SSSR count). The topological polar surface area (TPSA) is 32.8 Å². The number of carbonyl (C=O) groups is 1. The standard InChI is InChI=1S/C23H36N2O2/c1-2-19-27-22-13-6-5-12-21(22)23(26)25-17-10-7-11-20(25)14-18-24-15-8-3-4-9-16-24/h5-6,12-13,20H,2-4,7-11,14-19H2,1H3/t20-/m0/s1. The molecular weight excluding hydrogens is 336 g/mol. The summed E-state index contributed by atoms with van der Waals surface area (Å²) < 4.78 is 5.85. The van der Waals surface area contributed by atoms with Crippen LogP contribution in [0.25, 0.3) is 0 Å². The number of carbonyl (C=O) groups excluding carboxylic acids is 1. The summed E-state index contributed by atoms with van der Waals surface area (Å²) in [5.41, 5.74) is 0.729. The third kappa shape index (κ3) is 5.71. The fourth-order valence-electron chi connectivity index (χ4n) is 4.40. The minimum Gasteiger partial charge on any atom is -0.493 e. The Hall–Kier alpha value is -1.55. The lowest BCUT2D eigenvalue weighted by atomic mass is 9.97. The predicted octanol–water partition coefficient (Wildman–Crippen LogP) is 4.74. The summed E-state index contributed by atoms with van der Waals surface area (Å²) in [6.45, 7) is 7.22. The van der Waals surface area contributed by atoms with E-state index in [1.807, 2.05) is 24.3 Å². The summed E-state index contributed by atoms with van der Waals surface area (Å²) >= 11 is 0. The number of likely N-dealkylation sites (tertiary alicyclic amines) is 2. The van der Waals surface area contributed by atoms with Crippen molar-refractivity contribution in [3.05, 3.63) is 29.8 Å². The Kier molecular flexibility index (Phi) is 8.00. The van der Waals surface area contributed by atoms with Gasteiger partial charge in [0.05, 0.1) is 12.2 Å². The van der Waals surface area contributed by atoms with E-state index in [0.717, 1.165) is 50.1 Å². The molecule has 4 heteroatoms. The van der Waals surface area contributed by atoms with Crippen LogP contribution in [0.3, 0.4) is 0 Å². The van der Waals surface area contributed by atoms with Crippen LogP contribution in [0.2, 0.25) is 0 Å². The Morgan fingerprint density at radius 2 is 1.78 bits per heavy atom. The molecular formula is C23H36N2O2. The SMILES string of the molecule is CCCOc1ccccc1C(=O)N1CCCC[C@H]1CCN1CCCCCC1. The van der Waals surface area contributed by atoms with E-state index in [9.17, 15) is 4.79 Å². The van der Waals surface area contributed by atoms with Gasteiger partial charge in [-0.1, -0.05) is 31.9 Å². The largest absolute Gasteiger partial charge is 0.493 e. The van der Waals surface area contributed by atoms with Crippen LogP contribution in [-0.4, -0.2) is 54.5 Å². The van der Waals surface area contributed by atoms with Gasteiger partial charge in [-0.25, -0.2) is 0 Å². The summed E-state index contributed by atoms with van der Waals surface area (Å²) in [6, 6.07) is 8.12. The highest BCUT2D eigenvalue weighted by atomic mass is 16.5. The Labute approximate surface area is 164 Å². The van der Waals surface area contributed by atoms with Crippen LogP contribution >= 0.6 is 0 Å². The number of ether oxygens (including phenoxy) is 1. The van der Waals surface area contributed by atoms with Crippen LogP contribution in [0.4, 0.5) is 0 Å². The number of nitrogens with zero attached hydrogens (tertiary/aromatic N) is 2. The van der Waals surface area contributed by atoms with E-state index in [4.69, 9.17) is 4.74 Å². The van der Waals surface area contributed by atoms with Crippen molar-refractivity contribution < 1.29 is 9.53 Å². The Bertz CT molecular complexity index is 581. The first kappa shape index (κ1) is 20.2. The van der Waals surface area contributed by atoms with Crippen molar-refractivity contribution in [1.29, 1.82) is 0 Å². The van der Waals surface area contributed by atoms with Gasteiger partial charge in [-0.2, -0.15) is 0 Å². The molecule has 2 fully saturated rings. The first-order valence-corrected chi connectivity index (χ1v) is 11.0. The summed E-state index contributed by atoms with van der Waals surface area (Å²) in [7, 11) is 0. The average Bonchev–Trinajstić information content (AvgIpc) is 2.99. The van der Waals surface area contributed by atoms with Gasteiger partial charge in [-0.15, -0.1) is 0 Å². The molecule has 0 spiro atoms. The smallest absolute Gasteiger partial charge is 0.257 e.